The van der Waals surface area contributed by atoms with Gasteiger partial charge >= 0.3 is 5.97 Å². The molecular weight excluding hydrogens is 270 g/mol. The quantitative estimate of drug-likeness (QED) is 0.667. The van der Waals surface area contributed by atoms with Crippen molar-refractivity contribution >= 4 is 23.3 Å². The number of halogens is 1. The molecule has 8 heteroatoms. The zero-order valence-corrected chi connectivity index (χ0v) is 11.0. The number of rotatable bonds is 4. The van der Waals surface area contributed by atoms with E-state index in [9.17, 15) is 4.79 Å². The van der Waals surface area contributed by atoms with E-state index in [1.165, 1.54) is 4.68 Å². The normalized spacial score (nSPS) is 10.4. The molecule has 0 radical (unpaired) electrons. The summed E-state index contributed by atoms with van der Waals surface area (Å²) in [4.78, 5) is 11.6. The first kappa shape index (κ1) is 13.3. The van der Waals surface area contributed by atoms with Crippen molar-refractivity contribution in [3.05, 3.63) is 34.6 Å². The van der Waals surface area contributed by atoms with Gasteiger partial charge in [-0.1, -0.05) is 11.6 Å². The number of carbonyl (C=O) groups is 1. The molecule has 19 heavy (non-hydrogen) atoms. The summed E-state index contributed by atoms with van der Waals surface area (Å²) in [6.45, 7) is 2.21. The van der Waals surface area contributed by atoms with E-state index in [1.54, 1.807) is 25.1 Å². The van der Waals surface area contributed by atoms with Crippen LogP contribution in [0.15, 0.2) is 18.2 Å². The molecule has 0 saturated heterocycles. The first-order valence-electron chi connectivity index (χ1n) is 5.59. The molecule has 7 nitrogen and oxygen atoms in total. The molecule has 1 aromatic heterocycles. The number of benzene rings is 1. The maximum atomic E-state index is 11.6. The number of hydrogen-bond acceptors (Lipinski definition) is 6. The average molecular weight is 282 g/mol. The summed E-state index contributed by atoms with van der Waals surface area (Å²) in [6.07, 6.45) is 0. The standard InChI is InChI=1S/C11H12ClN5O2/c1-2-19-11(18)10-14-15-16-17(10)6-7-5-8(12)3-4-9(7)13/h3-5H,2,6,13H2,1H3. The molecule has 0 aliphatic heterocycles. The number of anilines is 1. The molecule has 0 aliphatic rings. The minimum absolute atomic E-state index is 0.0289. The number of aromatic nitrogens is 4. The van der Waals surface area contributed by atoms with E-state index in [0.717, 1.165) is 5.56 Å². The molecule has 0 fully saturated rings. The van der Waals surface area contributed by atoms with Crippen LogP contribution < -0.4 is 5.73 Å². The number of nitrogens with two attached hydrogens (primary N) is 1. The minimum Gasteiger partial charge on any atom is -0.460 e. The molecule has 1 heterocycles. The van der Waals surface area contributed by atoms with Crippen molar-refractivity contribution in [1.82, 2.24) is 20.2 Å². The van der Waals surface area contributed by atoms with Gasteiger partial charge in [0.2, 0.25) is 0 Å². The Balaban J connectivity index is 2.26. The Morgan fingerprint density at radius 2 is 2.32 bits per heavy atom. The van der Waals surface area contributed by atoms with Crippen LogP contribution in [0.2, 0.25) is 5.02 Å². The van der Waals surface area contributed by atoms with Crippen molar-refractivity contribution in [2.45, 2.75) is 13.5 Å². The number of nitrogen functional groups attached to an aromatic ring is 1. The first-order valence-corrected chi connectivity index (χ1v) is 5.96. The van der Waals surface area contributed by atoms with Crippen LogP contribution >= 0.6 is 11.6 Å². The lowest BCUT2D eigenvalue weighted by Crippen LogP contribution is -2.15. The largest absolute Gasteiger partial charge is 0.460 e. The predicted molar refractivity (Wildman–Crippen MR) is 68.7 cm³/mol. The second kappa shape index (κ2) is 5.66. The van der Waals surface area contributed by atoms with Crippen LogP contribution in [-0.4, -0.2) is 32.8 Å². The predicted octanol–water partition coefficient (Wildman–Crippen LogP) is 1.13. The lowest BCUT2D eigenvalue weighted by molar-refractivity contribution is 0.0505. The molecular formula is C11H12ClN5O2. The Labute approximate surface area is 114 Å². The molecule has 0 saturated carbocycles. The van der Waals surface area contributed by atoms with Crippen molar-refractivity contribution in [3.8, 4) is 0 Å². The Bertz CT molecular complexity index is 599. The molecule has 2 N–H and O–H groups in total. The third-order valence-corrected chi connectivity index (χ3v) is 2.65. The van der Waals surface area contributed by atoms with Crippen LogP contribution in [0.5, 0.6) is 0 Å². The van der Waals surface area contributed by atoms with Crippen molar-refractivity contribution < 1.29 is 9.53 Å². The van der Waals surface area contributed by atoms with E-state index in [2.05, 4.69) is 15.5 Å². The molecule has 0 atom stereocenters. The number of carbonyl (C=O) groups excluding carboxylic acids is 1. The Morgan fingerprint density at radius 1 is 1.53 bits per heavy atom. The highest BCUT2D eigenvalue weighted by molar-refractivity contribution is 6.30. The van der Waals surface area contributed by atoms with Crippen molar-refractivity contribution in [1.29, 1.82) is 0 Å². The van der Waals surface area contributed by atoms with Gasteiger partial charge in [-0.25, -0.2) is 9.48 Å². The van der Waals surface area contributed by atoms with Crippen LogP contribution in [0, 0.1) is 0 Å². The summed E-state index contributed by atoms with van der Waals surface area (Å²) in [7, 11) is 0. The number of esters is 1. The summed E-state index contributed by atoms with van der Waals surface area (Å²) >= 11 is 5.90. The fourth-order valence-electron chi connectivity index (χ4n) is 1.53. The summed E-state index contributed by atoms with van der Waals surface area (Å²) in [6, 6.07) is 5.08. The van der Waals surface area contributed by atoms with Gasteiger partial charge in [-0.05, 0) is 41.1 Å². The SMILES string of the molecule is CCOC(=O)c1nnnn1Cc1cc(Cl)ccc1N. The molecule has 1 aromatic carbocycles. The highest BCUT2D eigenvalue weighted by atomic mass is 35.5. The van der Waals surface area contributed by atoms with Gasteiger partial charge < -0.3 is 10.5 Å². The van der Waals surface area contributed by atoms with Crippen molar-refractivity contribution in [2.24, 2.45) is 0 Å². The Hall–Kier alpha value is -2.15. The summed E-state index contributed by atoms with van der Waals surface area (Å²) in [5, 5.41) is 11.4. The molecule has 100 valence electrons. The maximum Gasteiger partial charge on any atom is 0.378 e. The van der Waals surface area contributed by atoms with E-state index < -0.39 is 5.97 Å². The zero-order valence-electron chi connectivity index (χ0n) is 10.2. The molecule has 0 bridgehead atoms. The van der Waals surface area contributed by atoms with Gasteiger partial charge in [0.05, 0.1) is 13.2 Å². The van der Waals surface area contributed by atoms with E-state index in [0.29, 0.717) is 10.7 Å². The lowest BCUT2D eigenvalue weighted by Gasteiger charge is -2.07. The van der Waals surface area contributed by atoms with Gasteiger partial charge in [0.15, 0.2) is 0 Å². The zero-order chi connectivity index (χ0) is 13.8. The third kappa shape index (κ3) is 3.00. The van der Waals surface area contributed by atoms with Crippen LogP contribution in [0.3, 0.4) is 0 Å². The summed E-state index contributed by atoms with van der Waals surface area (Å²) in [5.41, 5.74) is 7.11. The van der Waals surface area contributed by atoms with Crippen LogP contribution in [0.25, 0.3) is 0 Å². The second-order valence-corrected chi connectivity index (χ2v) is 4.16. The van der Waals surface area contributed by atoms with Gasteiger partial charge in [-0.2, -0.15) is 0 Å². The average Bonchev–Trinajstić information content (AvgIpc) is 2.82. The third-order valence-electron chi connectivity index (χ3n) is 2.42. The molecule has 2 rings (SSSR count). The van der Waals surface area contributed by atoms with Gasteiger partial charge in [0.25, 0.3) is 5.82 Å². The van der Waals surface area contributed by atoms with Crippen molar-refractivity contribution in [3.63, 3.8) is 0 Å². The van der Waals surface area contributed by atoms with E-state index in [4.69, 9.17) is 22.1 Å². The Kier molecular flexibility index (Phi) is 3.96. The number of nitrogens with zero attached hydrogens (tertiary/aromatic N) is 4. The highest BCUT2D eigenvalue weighted by Gasteiger charge is 2.17. The van der Waals surface area contributed by atoms with Crippen molar-refractivity contribution in [2.75, 3.05) is 12.3 Å². The number of hydrogen-bond donors (Lipinski definition) is 1. The molecule has 0 unspecified atom stereocenters. The molecule has 0 aliphatic carbocycles. The van der Waals surface area contributed by atoms with Gasteiger partial charge in [0, 0.05) is 10.7 Å². The molecule has 2 aromatic rings. The highest BCUT2D eigenvalue weighted by Crippen LogP contribution is 2.19. The maximum absolute atomic E-state index is 11.6. The number of tetrazole rings is 1. The Morgan fingerprint density at radius 3 is 3.05 bits per heavy atom. The van der Waals surface area contributed by atoms with Gasteiger partial charge in [0.1, 0.15) is 0 Å². The fourth-order valence-corrected chi connectivity index (χ4v) is 1.72. The van der Waals surface area contributed by atoms with E-state index >= 15 is 0 Å². The number of ether oxygens (including phenoxy) is 1. The lowest BCUT2D eigenvalue weighted by atomic mass is 10.2. The first-order chi connectivity index (χ1) is 9.11. The van der Waals surface area contributed by atoms with Gasteiger partial charge in [-0.15, -0.1) is 5.10 Å². The van der Waals surface area contributed by atoms with E-state index in [1.807, 2.05) is 0 Å². The van der Waals surface area contributed by atoms with Crippen LogP contribution in [-0.2, 0) is 11.3 Å². The minimum atomic E-state index is -0.576. The summed E-state index contributed by atoms with van der Waals surface area (Å²) in [5.74, 6) is -0.547. The molecule has 0 spiro atoms. The van der Waals surface area contributed by atoms with E-state index in [-0.39, 0.29) is 19.0 Å². The summed E-state index contributed by atoms with van der Waals surface area (Å²) < 4.78 is 6.18. The van der Waals surface area contributed by atoms with Crippen LogP contribution in [0.1, 0.15) is 23.1 Å². The molecule has 0 amide bonds. The monoisotopic (exact) mass is 281 g/mol. The fraction of sp³-hybridized carbons (Fsp3) is 0.273. The van der Waals surface area contributed by atoms with Gasteiger partial charge in [-0.3, -0.25) is 0 Å². The topological polar surface area (TPSA) is 95.9 Å². The smallest absolute Gasteiger partial charge is 0.378 e. The van der Waals surface area contributed by atoms with Crippen LogP contribution in [0.4, 0.5) is 5.69 Å². The second-order valence-electron chi connectivity index (χ2n) is 3.72.